The van der Waals surface area contributed by atoms with E-state index in [-0.39, 0.29) is 61.9 Å². The lowest BCUT2D eigenvalue weighted by Crippen LogP contribution is -2.53. The number of carbonyl (C=O) groups is 6. The van der Waals surface area contributed by atoms with Gasteiger partial charge in [-0.05, 0) is 38.8 Å². The molecule has 18 heteroatoms. The fourth-order valence-corrected chi connectivity index (χ4v) is 5.38. The number of hydrogen-bond donors (Lipinski definition) is 10. The molecule has 0 bridgehead atoms. The van der Waals surface area contributed by atoms with Crippen LogP contribution >= 0.6 is 0 Å². The highest BCUT2D eigenvalue weighted by molar-refractivity contribution is 6.82. The molecular weight excluding hydrogens is 612 g/mol. The second kappa shape index (κ2) is 15.3. The summed E-state index contributed by atoms with van der Waals surface area (Å²) in [5, 5.41) is 66.8. The molecule has 6 atom stereocenters. The fourth-order valence-electron chi connectivity index (χ4n) is 5.38. The summed E-state index contributed by atoms with van der Waals surface area (Å²) in [4.78, 5) is 81.7. The van der Waals surface area contributed by atoms with Crippen molar-refractivity contribution in [3.8, 4) is 11.5 Å². The first-order valence-electron chi connectivity index (χ1n) is 14.2. The molecule has 1 fully saturated rings. The van der Waals surface area contributed by atoms with E-state index < -0.39 is 71.7 Å². The van der Waals surface area contributed by atoms with Crippen molar-refractivity contribution in [2.24, 2.45) is 21.8 Å². The Morgan fingerprint density at radius 1 is 0.739 bits per heavy atom. The summed E-state index contributed by atoms with van der Waals surface area (Å²) in [6.45, 7) is 1.68. The van der Waals surface area contributed by atoms with Crippen LogP contribution in [0.15, 0.2) is 22.1 Å². The average Bonchev–Trinajstić information content (AvgIpc) is 2.98. The molecule has 2 aliphatic carbocycles. The van der Waals surface area contributed by atoms with E-state index in [1.165, 1.54) is 26.0 Å². The molecule has 4 amide bonds. The summed E-state index contributed by atoms with van der Waals surface area (Å²) in [6.07, 6.45) is -5.74. The molecule has 3 rings (SSSR count). The van der Waals surface area contributed by atoms with Crippen molar-refractivity contribution in [2.45, 2.75) is 51.0 Å². The predicted octanol–water partition coefficient (Wildman–Crippen LogP) is -2.27. The van der Waals surface area contributed by atoms with Crippen LogP contribution in [0.25, 0.3) is 0 Å². The number of aliphatic hydroxyl groups is 2. The number of hydrogen-bond acceptors (Lipinski definition) is 12. The Morgan fingerprint density at radius 2 is 1.09 bits per heavy atom. The van der Waals surface area contributed by atoms with E-state index in [0.29, 0.717) is 11.1 Å². The minimum atomic E-state index is -1.52. The van der Waals surface area contributed by atoms with Crippen LogP contribution in [0, 0.1) is 11.8 Å². The van der Waals surface area contributed by atoms with Gasteiger partial charge in [0, 0.05) is 36.1 Å². The van der Waals surface area contributed by atoms with Crippen LogP contribution in [0.1, 0.15) is 25.0 Å². The number of aromatic hydroxyl groups is 2. The molecule has 10 N–H and O–H groups in total. The summed E-state index contributed by atoms with van der Waals surface area (Å²) >= 11 is 0. The molecule has 1 aromatic carbocycles. The van der Waals surface area contributed by atoms with Crippen molar-refractivity contribution >= 4 is 47.0 Å². The normalized spacial score (nSPS) is 21.7. The van der Waals surface area contributed by atoms with Crippen LogP contribution in [0.4, 0.5) is 9.59 Å². The molecule has 0 aromatic heterocycles. The predicted molar refractivity (Wildman–Crippen MR) is 158 cm³/mol. The molecule has 0 saturated heterocycles. The number of nitrogens with one attached hydrogen (secondary N) is 4. The number of amides is 4. The van der Waals surface area contributed by atoms with E-state index in [2.05, 4.69) is 20.6 Å². The maximum atomic E-state index is 13.3. The van der Waals surface area contributed by atoms with Crippen molar-refractivity contribution in [1.82, 2.24) is 21.3 Å². The highest BCUT2D eigenvalue weighted by Gasteiger charge is 2.48. The highest BCUT2D eigenvalue weighted by Crippen LogP contribution is 2.42. The Bertz CT molecular complexity index is 1350. The van der Waals surface area contributed by atoms with E-state index in [4.69, 9.17) is 10.2 Å². The molecule has 1 saturated carbocycles. The topological polar surface area (TPSA) is 297 Å². The summed E-state index contributed by atoms with van der Waals surface area (Å²) in [5.74, 6) is -5.45. The number of nitrogens with zero attached hydrogens (tertiary/aromatic N) is 2. The van der Waals surface area contributed by atoms with Crippen LogP contribution in [-0.2, 0) is 32.0 Å². The van der Waals surface area contributed by atoms with Crippen molar-refractivity contribution < 1.29 is 59.4 Å². The molecule has 0 aliphatic heterocycles. The van der Waals surface area contributed by atoms with Gasteiger partial charge in [-0.15, -0.1) is 0 Å². The maximum Gasteiger partial charge on any atom is 0.405 e. The highest BCUT2D eigenvalue weighted by atomic mass is 16.4. The molecule has 2 unspecified atom stereocenters. The Labute approximate surface area is 261 Å². The smallest absolute Gasteiger partial charge is 0.405 e. The monoisotopic (exact) mass is 648 g/mol. The van der Waals surface area contributed by atoms with Crippen molar-refractivity contribution in [3.63, 3.8) is 0 Å². The summed E-state index contributed by atoms with van der Waals surface area (Å²) < 4.78 is 0. The lowest BCUT2D eigenvalue weighted by molar-refractivity contribution is -0.129. The summed E-state index contributed by atoms with van der Waals surface area (Å²) in [5.41, 5.74) is 0.427. The number of fused-ring (bicyclic) bond motifs is 2. The number of phenols is 2. The van der Waals surface area contributed by atoms with Gasteiger partial charge in [-0.25, -0.2) is 9.59 Å². The zero-order chi connectivity index (χ0) is 34.3. The van der Waals surface area contributed by atoms with E-state index in [9.17, 15) is 49.2 Å². The van der Waals surface area contributed by atoms with Crippen LogP contribution in [-0.4, -0.2) is 128 Å². The standard InChI is InChI=1S/C28H36N6O12/c1-11(35)19(33-27(43)44)25(41)31-7-5-29-21-15-9-13-14(18(38)4-3-17(13)37)10-16(15)22(24(40)23(21)39)30-6-8-32-26(42)20(12(2)36)34-28(45)46/h3-4,11-12,15-16,19-20,33-38H,5-10H2,1-2H3,(H,31,41)(H,32,42)(H,43,44)(H,45,46)/t11-,12+,15?,16?,19+,20-. The number of aliphatic hydroxyl groups excluding tert-OH is 2. The Hall–Kier alpha value is -5.10. The van der Waals surface area contributed by atoms with Crippen molar-refractivity contribution in [1.29, 1.82) is 0 Å². The Kier molecular flexibility index (Phi) is 11.7. The number of aliphatic imine (C=N–C) groups is 2. The second-order valence-corrected chi connectivity index (χ2v) is 10.8. The molecule has 0 radical (unpaired) electrons. The average molecular weight is 649 g/mol. The van der Waals surface area contributed by atoms with Gasteiger partial charge in [-0.3, -0.25) is 29.2 Å². The zero-order valence-electron chi connectivity index (χ0n) is 24.9. The molecule has 18 nitrogen and oxygen atoms in total. The number of carboxylic acid groups (broad SMARTS) is 2. The molecule has 250 valence electrons. The van der Waals surface area contributed by atoms with E-state index in [1.807, 2.05) is 10.6 Å². The molecule has 46 heavy (non-hydrogen) atoms. The van der Waals surface area contributed by atoms with E-state index in [1.54, 1.807) is 0 Å². The first-order chi connectivity index (χ1) is 21.6. The summed E-state index contributed by atoms with van der Waals surface area (Å²) in [6, 6.07) is -0.351. The van der Waals surface area contributed by atoms with Gasteiger partial charge < -0.3 is 51.9 Å². The van der Waals surface area contributed by atoms with Gasteiger partial charge >= 0.3 is 12.2 Å². The SMILES string of the molecule is C[C@H](O)[C@@H](NC(=O)O)C(=O)NCCN=C1C(=O)C(=O)C(=NCCNC(=O)[C@@H](NC(=O)O)[C@@H](C)O)C2Cc3c(O)ccc(O)c3CC12. The van der Waals surface area contributed by atoms with Crippen LogP contribution in [0.5, 0.6) is 11.5 Å². The third-order valence-electron chi connectivity index (χ3n) is 7.56. The lowest BCUT2D eigenvalue weighted by Gasteiger charge is -2.37. The van der Waals surface area contributed by atoms with Gasteiger partial charge in [0.15, 0.2) is 0 Å². The first-order valence-corrected chi connectivity index (χ1v) is 14.2. The van der Waals surface area contributed by atoms with Gasteiger partial charge in [0.1, 0.15) is 23.6 Å². The first kappa shape index (κ1) is 35.4. The molecule has 2 aliphatic rings. The number of phenolic OH excluding ortho intramolecular Hbond substituents is 2. The number of ketones is 2. The van der Waals surface area contributed by atoms with Crippen LogP contribution < -0.4 is 21.3 Å². The fraction of sp³-hybridized carbons (Fsp3) is 0.500. The van der Waals surface area contributed by atoms with Crippen LogP contribution in [0.3, 0.4) is 0 Å². The van der Waals surface area contributed by atoms with Gasteiger partial charge in [-0.1, -0.05) is 0 Å². The van der Waals surface area contributed by atoms with Gasteiger partial charge in [0.2, 0.25) is 23.4 Å². The number of rotatable bonds is 12. The van der Waals surface area contributed by atoms with Crippen molar-refractivity contribution in [3.05, 3.63) is 23.3 Å². The molecule has 1 aromatic rings. The summed E-state index contributed by atoms with van der Waals surface area (Å²) in [7, 11) is 0. The zero-order valence-corrected chi connectivity index (χ0v) is 24.9. The molecule has 0 heterocycles. The Balaban J connectivity index is 1.82. The van der Waals surface area contributed by atoms with Gasteiger partial charge in [0.05, 0.1) is 36.7 Å². The second-order valence-electron chi connectivity index (χ2n) is 10.8. The Morgan fingerprint density at radius 3 is 1.39 bits per heavy atom. The van der Waals surface area contributed by atoms with Crippen molar-refractivity contribution in [2.75, 3.05) is 26.2 Å². The minimum absolute atomic E-state index is 0.00373. The largest absolute Gasteiger partial charge is 0.508 e. The third kappa shape index (κ3) is 8.33. The third-order valence-corrected chi connectivity index (χ3v) is 7.56. The number of Topliss-reactive ketones (excluding diaryl/α,β-unsaturated/α-hetero) is 2. The minimum Gasteiger partial charge on any atom is -0.508 e. The quantitative estimate of drug-likeness (QED) is 0.0652. The van der Waals surface area contributed by atoms with E-state index >= 15 is 0 Å². The van der Waals surface area contributed by atoms with Gasteiger partial charge in [0.25, 0.3) is 0 Å². The number of carbonyl (C=O) groups excluding carboxylic acids is 4. The maximum absolute atomic E-state index is 13.3. The number of benzene rings is 1. The van der Waals surface area contributed by atoms with Crippen LogP contribution in [0.2, 0.25) is 0 Å². The van der Waals surface area contributed by atoms with Gasteiger partial charge in [-0.2, -0.15) is 0 Å². The lowest BCUT2D eigenvalue weighted by atomic mass is 9.65. The van der Waals surface area contributed by atoms with E-state index in [0.717, 1.165) is 0 Å². The molecular formula is C28H36N6O12. The molecule has 0 spiro atoms.